The molecule has 0 rings (SSSR count). The van der Waals surface area contributed by atoms with Gasteiger partial charge in [0.25, 0.3) is 0 Å². The second kappa shape index (κ2) is 4.31. The van der Waals surface area contributed by atoms with Crippen LogP contribution in [0.4, 0.5) is 0 Å². The van der Waals surface area contributed by atoms with E-state index in [0.29, 0.717) is 0 Å². The highest BCUT2D eigenvalue weighted by Crippen LogP contribution is 2.06. The molecule has 0 aromatic carbocycles. The van der Waals surface area contributed by atoms with Gasteiger partial charge in [-0.3, -0.25) is 0 Å². The molecule has 0 bridgehead atoms. The topological polar surface area (TPSA) is 66.8 Å². The van der Waals surface area contributed by atoms with Gasteiger partial charge in [-0.2, -0.15) is 0 Å². The third kappa shape index (κ3) is 2.86. The molecule has 0 radical (unpaired) electrons. The maximum Gasteiger partial charge on any atom is 0.337 e. The van der Waals surface area contributed by atoms with Crippen molar-refractivity contribution < 1.29 is 19.7 Å². The standard InChI is InChI=1S/C7H14O4/c1-4(2)5(8)6(9)7(10)11-3/h4-6,8-9H,1-3H3/t5-,6+/m0/s1. The largest absolute Gasteiger partial charge is 0.467 e. The molecule has 4 nitrogen and oxygen atoms in total. The summed E-state index contributed by atoms with van der Waals surface area (Å²) in [5.74, 6) is -0.963. The van der Waals surface area contributed by atoms with Crippen molar-refractivity contribution in [3.05, 3.63) is 0 Å². The van der Waals surface area contributed by atoms with Crippen molar-refractivity contribution >= 4 is 5.97 Å². The molecule has 2 atom stereocenters. The molecule has 0 aromatic rings. The minimum Gasteiger partial charge on any atom is -0.467 e. The number of aliphatic hydroxyl groups is 2. The molecule has 0 aromatic heterocycles. The molecule has 0 aliphatic rings. The number of carbonyl (C=O) groups is 1. The second-order valence-electron chi connectivity index (χ2n) is 2.70. The summed E-state index contributed by atoms with van der Waals surface area (Å²) in [4.78, 5) is 10.6. The fourth-order valence-electron chi connectivity index (χ4n) is 0.625. The third-order valence-electron chi connectivity index (χ3n) is 1.45. The number of hydrogen-bond acceptors (Lipinski definition) is 4. The van der Waals surface area contributed by atoms with Crippen LogP contribution < -0.4 is 0 Å². The lowest BCUT2D eigenvalue weighted by atomic mass is 10.0. The van der Waals surface area contributed by atoms with Gasteiger partial charge in [0.1, 0.15) is 0 Å². The molecule has 11 heavy (non-hydrogen) atoms. The summed E-state index contributed by atoms with van der Waals surface area (Å²) in [7, 11) is 1.17. The Hall–Kier alpha value is -0.610. The zero-order chi connectivity index (χ0) is 9.02. The number of methoxy groups -OCH3 is 1. The van der Waals surface area contributed by atoms with Gasteiger partial charge in [-0.05, 0) is 5.92 Å². The summed E-state index contributed by atoms with van der Waals surface area (Å²) in [6.45, 7) is 3.41. The smallest absolute Gasteiger partial charge is 0.337 e. The van der Waals surface area contributed by atoms with Crippen molar-refractivity contribution in [2.45, 2.75) is 26.1 Å². The van der Waals surface area contributed by atoms with E-state index in [-0.39, 0.29) is 5.92 Å². The number of aliphatic hydroxyl groups excluding tert-OH is 2. The zero-order valence-electron chi connectivity index (χ0n) is 6.94. The Balaban J connectivity index is 4.01. The number of carbonyl (C=O) groups excluding carboxylic acids is 1. The van der Waals surface area contributed by atoms with E-state index in [1.165, 1.54) is 7.11 Å². The molecule has 0 aliphatic heterocycles. The number of hydrogen-bond donors (Lipinski definition) is 2. The van der Waals surface area contributed by atoms with Crippen LogP contribution in [-0.2, 0) is 9.53 Å². The first-order valence-electron chi connectivity index (χ1n) is 3.44. The molecular weight excluding hydrogens is 148 g/mol. The quantitative estimate of drug-likeness (QED) is 0.551. The predicted molar refractivity (Wildman–Crippen MR) is 38.9 cm³/mol. The van der Waals surface area contributed by atoms with Crippen LogP contribution in [0.3, 0.4) is 0 Å². The summed E-state index contributed by atoms with van der Waals surface area (Å²) < 4.78 is 4.23. The normalized spacial score (nSPS) is 16.2. The van der Waals surface area contributed by atoms with Gasteiger partial charge >= 0.3 is 5.97 Å². The van der Waals surface area contributed by atoms with Gasteiger partial charge in [-0.15, -0.1) is 0 Å². The van der Waals surface area contributed by atoms with E-state index >= 15 is 0 Å². The Kier molecular flexibility index (Phi) is 4.07. The SMILES string of the molecule is COC(=O)[C@H](O)[C@@H](O)C(C)C. The average molecular weight is 162 g/mol. The lowest BCUT2D eigenvalue weighted by Gasteiger charge is -2.18. The van der Waals surface area contributed by atoms with Crippen LogP contribution in [0.25, 0.3) is 0 Å². The van der Waals surface area contributed by atoms with Gasteiger partial charge < -0.3 is 14.9 Å². The van der Waals surface area contributed by atoms with Crippen molar-refractivity contribution in [2.24, 2.45) is 5.92 Å². The van der Waals surface area contributed by atoms with Gasteiger partial charge in [-0.1, -0.05) is 13.8 Å². The Morgan fingerprint density at radius 2 is 1.82 bits per heavy atom. The van der Waals surface area contributed by atoms with Crippen molar-refractivity contribution in [1.82, 2.24) is 0 Å². The summed E-state index contributed by atoms with van der Waals surface area (Å²) in [5.41, 5.74) is 0. The van der Waals surface area contributed by atoms with Crippen molar-refractivity contribution in [3.8, 4) is 0 Å². The Morgan fingerprint density at radius 3 is 2.09 bits per heavy atom. The first kappa shape index (κ1) is 10.4. The van der Waals surface area contributed by atoms with E-state index in [1.54, 1.807) is 13.8 Å². The lowest BCUT2D eigenvalue weighted by molar-refractivity contribution is -0.158. The fourth-order valence-corrected chi connectivity index (χ4v) is 0.625. The molecule has 0 unspecified atom stereocenters. The summed E-state index contributed by atoms with van der Waals surface area (Å²) in [6.07, 6.45) is -2.48. The molecule has 0 fully saturated rings. The number of ether oxygens (including phenoxy) is 1. The van der Waals surface area contributed by atoms with Gasteiger partial charge in [0.15, 0.2) is 6.10 Å². The van der Waals surface area contributed by atoms with Crippen LogP contribution in [0, 0.1) is 5.92 Å². The third-order valence-corrected chi connectivity index (χ3v) is 1.45. The minimum atomic E-state index is -1.43. The van der Waals surface area contributed by atoms with Crippen LogP contribution in [0.1, 0.15) is 13.8 Å². The van der Waals surface area contributed by atoms with Crippen LogP contribution in [-0.4, -0.2) is 35.5 Å². The Bertz CT molecular complexity index is 132. The molecule has 0 spiro atoms. The van der Waals surface area contributed by atoms with Crippen molar-refractivity contribution in [2.75, 3.05) is 7.11 Å². The maximum absolute atomic E-state index is 10.6. The van der Waals surface area contributed by atoms with Crippen LogP contribution in [0.15, 0.2) is 0 Å². The highest BCUT2D eigenvalue weighted by Gasteiger charge is 2.26. The minimum absolute atomic E-state index is 0.163. The highest BCUT2D eigenvalue weighted by atomic mass is 16.5. The van der Waals surface area contributed by atoms with Crippen LogP contribution in [0.2, 0.25) is 0 Å². The molecule has 0 aliphatic carbocycles. The van der Waals surface area contributed by atoms with Gasteiger partial charge in [-0.25, -0.2) is 4.79 Å². The molecule has 0 saturated carbocycles. The van der Waals surface area contributed by atoms with Crippen LogP contribution in [0.5, 0.6) is 0 Å². The summed E-state index contributed by atoms with van der Waals surface area (Å²) >= 11 is 0. The van der Waals surface area contributed by atoms with Gasteiger partial charge in [0.05, 0.1) is 13.2 Å². The monoisotopic (exact) mass is 162 g/mol. The van der Waals surface area contributed by atoms with Crippen LogP contribution >= 0.6 is 0 Å². The van der Waals surface area contributed by atoms with E-state index in [9.17, 15) is 4.79 Å². The Labute approximate surface area is 65.8 Å². The zero-order valence-corrected chi connectivity index (χ0v) is 6.94. The number of rotatable bonds is 3. The first-order chi connectivity index (χ1) is 5.00. The van der Waals surface area contributed by atoms with E-state index in [0.717, 1.165) is 0 Å². The summed E-state index contributed by atoms with van der Waals surface area (Å²) in [5, 5.41) is 18.2. The Morgan fingerprint density at radius 1 is 1.36 bits per heavy atom. The molecule has 66 valence electrons. The van der Waals surface area contributed by atoms with E-state index < -0.39 is 18.2 Å². The van der Waals surface area contributed by atoms with Crippen molar-refractivity contribution in [3.63, 3.8) is 0 Å². The fraction of sp³-hybridized carbons (Fsp3) is 0.857. The number of esters is 1. The molecule has 0 saturated heterocycles. The van der Waals surface area contributed by atoms with E-state index in [1.807, 2.05) is 0 Å². The maximum atomic E-state index is 10.6. The molecular formula is C7H14O4. The molecule has 0 heterocycles. The predicted octanol–water partition coefficient (Wildman–Crippen LogP) is -0.463. The lowest BCUT2D eigenvalue weighted by Crippen LogP contribution is -2.38. The average Bonchev–Trinajstić information content (AvgIpc) is 2.00. The highest BCUT2D eigenvalue weighted by molar-refractivity contribution is 5.74. The van der Waals surface area contributed by atoms with E-state index in [4.69, 9.17) is 10.2 Å². The summed E-state index contributed by atoms with van der Waals surface area (Å²) in [6, 6.07) is 0. The first-order valence-corrected chi connectivity index (χ1v) is 3.44. The molecule has 0 amide bonds. The van der Waals surface area contributed by atoms with E-state index in [2.05, 4.69) is 4.74 Å². The molecule has 2 N–H and O–H groups in total. The molecule has 4 heteroatoms. The van der Waals surface area contributed by atoms with Crippen molar-refractivity contribution in [1.29, 1.82) is 0 Å². The van der Waals surface area contributed by atoms with Gasteiger partial charge in [0.2, 0.25) is 0 Å². The second-order valence-corrected chi connectivity index (χ2v) is 2.70. The van der Waals surface area contributed by atoms with Gasteiger partial charge in [0, 0.05) is 0 Å².